The van der Waals surface area contributed by atoms with E-state index < -0.39 is 0 Å². The van der Waals surface area contributed by atoms with Gasteiger partial charge in [-0.3, -0.25) is 4.98 Å². The molecule has 0 aliphatic rings. The number of aryl methyl sites for hydroxylation is 2. The smallest absolute Gasteiger partial charge is 0.0924 e. The molecule has 2 nitrogen and oxygen atoms in total. The summed E-state index contributed by atoms with van der Waals surface area (Å²) in [6.07, 6.45) is 0. The van der Waals surface area contributed by atoms with Gasteiger partial charge in [0.1, 0.15) is 0 Å². The minimum atomic E-state index is 0. The van der Waals surface area contributed by atoms with Gasteiger partial charge in [0.15, 0.2) is 0 Å². The van der Waals surface area contributed by atoms with E-state index in [9.17, 15) is 0 Å². The second kappa shape index (κ2) is 3.67. The van der Waals surface area contributed by atoms with Crippen LogP contribution in [0.1, 0.15) is 5.82 Å². The molecule has 3 heteroatoms. The number of imidazole rings is 1. The van der Waals surface area contributed by atoms with Gasteiger partial charge in [-0.1, -0.05) is 0 Å². The van der Waals surface area contributed by atoms with Gasteiger partial charge in [-0.15, -0.1) is 6.07 Å². The summed E-state index contributed by atoms with van der Waals surface area (Å²) < 4.78 is 2.06. The minimum absolute atomic E-state index is 0. The quantitative estimate of drug-likeness (QED) is 0.634. The second-order valence-corrected chi connectivity index (χ2v) is 2.62. The van der Waals surface area contributed by atoms with E-state index in [2.05, 4.69) is 15.6 Å². The first kappa shape index (κ1) is 9.88. The van der Waals surface area contributed by atoms with Crippen LogP contribution >= 0.6 is 0 Å². The van der Waals surface area contributed by atoms with Crippen LogP contribution in [-0.4, -0.2) is 9.55 Å². The van der Waals surface area contributed by atoms with E-state index in [4.69, 9.17) is 0 Å². The molecule has 0 saturated carbocycles. The van der Waals surface area contributed by atoms with E-state index in [0.29, 0.717) is 0 Å². The molecule has 0 N–H and O–H groups in total. The molecule has 0 fully saturated rings. The van der Waals surface area contributed by atoms with Gasteiger partial charge < -0.3 is 4.57 Å². The number of hydrogen-bond acceptors (Lipinski definition) is 1. The van der Waals surface area contributed by atoms with Gasteiger partial charge in [-0.2, -0.15) is 18.2 Å². The molecule has 0 saturated heterocycles. The zero-order valence-electron chi connectivity index (χ0n) is 7.20. The first-order valence-electron chi connectivity index (χ1n) is 3.59. The van der Waals surface area contributed by atoms with Crippen LogP contribution in [0, 0.1) is 13.0 Å². The molecule has 0 spiro atoms. The van der Waals surface area contributed by atoms with Crippen LogP contribution in [0.15, 0.2) is 18.2 Å². The predicted molar refractivity (Wildman–Crippen MR) is 44.3 cm³/mol. The molecule has 0 aliphatic carbocycles. The van der Waals surface area contributed by atoms with Crippen LogP contribution in [0.4, 0.5) is 0 Å². The number of fused-ring (bicyclic) bond motifs is 1. The van der Waals surface area contributed by atoms with Gasteiger partial charge >= 0.3 is 0 Å². The third-order valence-corrected chi connectivity index (χ3v) is 1.93. The van der Waals surface area contributed by atoms with Crippen LogP contribution < -0.4 is 0 Å². The molecule has 2 rings (SSSR count). The van der Waals surface area contributed by atoms with Crippen LogP contribution in [0.5, 0.6) is 0 Å². The maximum Gasteiger partial charge on any atom is 0.0924 e. The Morgan fingerprint density at radius 2 is 2.25 bits per heavy atom. The molecule has 1 radical (unpaired) electrons. The molecule has 0 amide bonds. The van der Waals surface area contributed by atoms with Crippen LogP contribution in [-0.2, 0) is 39.8 Å². The predicted octanol–water partition coefficient (Wildman–Crippen LogP) is 1.68. The first-order valence-corrected chi connectivity index (χ1v) is 3.59. The van der Waals surface area contributed by atoms with Crippen molar-refractivity contribution in [3.63, 3.8) is 0 Å². The van der Waals surface area contributed by atoms with Crippen molar-refractivity contribution >= 4 is 11.0 Å². The summed E-state index contributed by atoms with van der Waals surface area (Å²) in [5, 5.41) is 0. The van der Waals surface area contributed by atoms with Gasteiger partial charge in [-0.05, 0) is 18.0 Å². The van der Waals surface area contributed by atoms with Crippen molar-refractivity contribution in [1.29, 1.82) is 0 Å². The Kier molecular flexibility index (Phi) is 3.02. The molecule has 1 heterocycles. The van der Waals surface area contributed by atoms with Gasteiger partial charge in [-0.25, -0.2) is 0 Å². The molecule has 0 atom stereocenters. The summed E-state index contributed by atoms with van der Waals surface area (Å²) in [5.74, 6) is 1.03. The summed E-state index contributed by atoms with van der Waals surface area (Å²) in [4.78, 5) is 4.32. The van der Waals surface area contributed by atoms with Crippen molar-refractivity contribution in [3.8, 4) is 0 Å². The van der Waals surface area contributed by atoms with Crippen LogP contribution in [0.25, 0.3) is 11.0 Å². The fourth-order valence-corrected chi connectivity index (χ4v) is 1.19. The molecule has 2 aromatic rings. The number of hydrogen-bond donors (Lipinski definition) is 0. The Morgan fingerprint density at radius 3 is 2.92 bits per heavy atom. The zero-order valence-corrected chi connectivity index (χ0v) is 10.0. The Bertz CT molecular complexity index is 392. The molecule has 0 aliphatic heterocycles. The maximum atomic E-state index is 4.32. The molecule has 0 unspecified atom stereocenters. The minimum Gasteiger partial charge on any atom is -0.385 e. The van der Waals surface area contributed by atoms with Gasteiger partial charge in [0.25, 0.3) is 0 Å². The molecule has 1 aromatic carbocycles. The molecule has 0 bridgehead atoms. The summed E-state index contributed by atoms with van der Waals surface area (Å²) in [5.41, 5.74) is 2.09. The Labute approximate surface area is 96.9 Å². The zero-order chi connectivity index (χ0) is 7.84. The average Bonchev–Trinajstić information content (AvgIpc) is 2.30. The van der Waals surface area contributed by atoms with E-state index >= 15 is 0 Å². The van der Waals surface area contributed by atoms with Crippen molar-refractivity contribution in [1.82, 2.24) is 9.55 Å². The molecular weight excluding hydrogens is 225 g/mol. The van der Waals surface area contributed by atoms with Crippen LogP contribution in [0.2, 0.25) is 0 Å². The summed E-state index contributed by atoms with van der Waals surface area (Å²) in [6.45, 7) is 1.99. The summed E-state index contributed by atoms with van der Waals surface area (Å²) in [7, 11) is 2.01. The summed E-state index contributed by atoms with van der Waals surface area (Å²) in [6, 6.07) is 8.99. The second-order valence-electron chi connectivity index (χ2n) is 2.62. The number of benzene rings is 1. The first-order chi connectivity index (χ1) is 5.29. The third-order valence-electron chi connectivity index (χ3n) is 1.93. The summed E-state index contributed by atoms with van der Waals surface area (Å²) >= 11 is 0. The fourth-order valence-electron chi connectivity index (χ4n) is 1.19. The Hall–Kier alpha value is -0.206. The van der Waals surface area contributed by atoms with E-state index in [0.717, 1.165) is 16.9 Å². The Morgan fingerprint density at radius 1 is 1.50 bits per heavy atom. The Balaban J connectivity index is 0.000000720. The van der Waals surface area contributed by atoms with E-state index in [1.54, 1.807) is 0 Å². The topological polar surface area (TPSA) is 17.8 Å². The molecule has 1 aromatic heterocycles. The standard InChI is InChI=1S/C9H9N2.Y/c1-7-10-8-5-3-4-6-9(8)11(7)2;/h3-4,6H,1-2H3;/q-1;. The average molecular weight is 234 g/mol. The largest absolute Gasteiger partial charge is 0.385 e. The number of para-hydroxylation sites is 1. The van der Waals surface area contributed by atoms with Crippen molar-refractivity contribution in [2.24, 2.45) is 7.05 Å². The molecule has 12 heavy (non-hydrogen) atoms. The van der Waals surface area contributed by atoms with Gasteiger partial charge in [0, 0.05) is 39.8 Å². The van der Waals surface area contributed by atoms with E-state index in [1.807, 2.05) is 32.2 Å². The van der Waals surface area contributed by atoms with Gasteiger partial charge in [0.2, 0.25) is 0 Å². The maximum absolute atomic E-state index is 4.32. The number of nitrogens with zero attached hydrogens (tertiary/aromatic N) is 2. The number of rotatable bonds is 0. The molecule has 59 valence electrons. The van der Waals surface area contributed by atoms with Crippen LogP contribution in [0.3, 0.4) is 0 Å². The SMILES string of the molecule is Cc1nc2[c-]cccc2n1C.[Y]. The van der Waals surface area contributed by atoms with Crippen molar-refractivity contribution in [3.05, 3.63) is 30.1 Å². The van der Waals surface area contributed by atoms with Gasteiger partial charge in [0.05, 0.1) is 5.82 Å². The van der Waals surface area contributed by atoms with Crippen molar-refractivity contribution in [2.45, 2.75) is 6.92 Å². The normalized spacial score (nSPS) is 9.83. The van der Waals surface area contributed by atoms with E-state index in [-0.39, 0.29) is 32.7 Å². The van der Waals surface area contributed by atoms with Crippen molar-refractivity contribution < 1.29 is 32.7 Å². The van der Waals surface area contributed by atoms with Crippen molar-refractivity contribution in [2.75, 3.05) is 0 Å². The number of aromatic nitrogens is 2. The van der Waals surface area contributed by atoms with E-state index in [1.165, 1.54) is 0 Å². The fraction of sp³-hybridized carbons (Fsp3) is 0.222. The third kappa shape index (κ3) is 1.46. The monoisotopic (exact) mass is 234 g/mol. The molecular formula is C9H9N2Y-.